The Bertz CT molecular complexity index is 612. The predicted molar refractivity (Wildman–Crippen MR) is 86.5 cm³/mol. The molecule has 1 heterocycles. The van der Waals surface area contributed by atoms with Gasteiger partial charge in [-0.05, 0) is 62.7 Å². The quantitative estimate of drug-likeness (QED) is 0.550. The van der Waals surface area contributed by atoms with Crippen LogP contribution in [0.3, 0.4) is 0 Å². The van der Waals surface area contributed by atoms with Gasteiger partial charge in [-0.3, -0.25) is 4.79 Å². The van der Waals surface area contributed by atoms with E-state index in [2.05, 4.69) is 20.4 Å². The average molecular weight is 316 g/mol. The number of carbonyl (C=O) groups is 1. The smallest absolute Gasteiger partial charge is 0.312 e. The molecule has 0 radical (unpaired) electrons. The van der Waals surface area contributed by atoms with Gasteiger partial charge in [-0.15, -0.1) is 0 Å². The number of fused-ring (bicyclic) bond motifs is 2. The molecule has 2 bridgehead atoms. The first-order valence-corrected chi connectivity index (χ1v) is 9.40. The van der Waals surface area contributed by atoms with Gasteiger partial charge < -0.3 is 9.84 Å². The van der Waals surface area contributed by atoms with Crippen LogP contribution in [0.4, 0.5) is 0 Å². The first kappa shape index (κ1) is 14.5. The molecule has 4 aliphatic carbocycles. The molecule has 1 N–H and O–H groups in total. The minimum Gasteiger partial charge on any atom is -0.459 e. The third-order valence-corrected chi connectivity index (χ3v) is 8.80. The first-order valence-electron chi connectivity index (χ1n) is 9.40. The average Bonchev–Trinajstić information content (AvgIpc) is 2.91. The highest BCUT2D eigenvalue weighted by Gasteiger charge is 2.74. The summed E-state index contributed by atoms with van der Waals surface area (Å²) >= 11 is 0. The molecule has 0 aromatic carbocycles. The van der Waals surface area contributed by atoms with Crippen LogP contribution in [0.25, 0.3) is 0 Å². The van der Waals surface area contributed by atoms with Gasteiger partial charge in [0.25, 0.3) is 0 Å². The molecule has 23 heavy (non-hydrogen) atoms. The molecule has 3 nitrogen and oxygen atoms in total. The Morgan fingerprint density at radius 2 is 2.04 bits per heavy atom. The normalized spacial score (nSPS) is 60.2. The van der Waals surface area contributed by atoms with E-state index in [1.165, 1.54) is 24.8 Å². The lowest BCUT2D eigenvalue weighted by Gasteiger charge is -2.63. The van der Waals surface area contributed by atoms with Gasteiger partial charge in [0.05, 0.1) is 11.5 Å². The summed E-state index contributed by atoms with van der Waals surface area (Å²) in [4.78, 5) is 12.7. The highest BCUT2D eigenvalue weighted by atomic mass is 16.6. The van der Waals surface area contributed by atoms with Crippen molar-refractivity contribution in [2.24, 2.45) is 34.0 Å². The monoisotopic (exact) mass is 316 g/mol. The Hall–Kier alpha value is -0.830. The SMILES string of the molecule is C=C1CC23CC1CCC2C1(C)CCCC2(C)C(=O)OC(C21)C3O. The number of aliphatic hydroxyl groups excluding tert-OH is 1. The highest BCUT2D eigenvalue weighted by Crippen LogP contribution is 2.74. The van der Waals surface area contributed by atoms with Crippen molar-refractivity contribution in [1.82, 2.24) is 0 Å². The number of ether oxygens (including phenoxy) is 1. The summed E-state index contributed by atoms with van der Waals surface area (Å²) in [6, 6.07) is 0. The summed E-state index contributed by atoms with van der Waals surface area (Å²) < 4.78 is 5.87. The van der Waals surface area contributed by atoms with Gasteiger partial charge in [-0.2, -0.15) is 0 Å². The van der Waals surface area contributed by atoms with Crippen LogP contribution in [0.15, 0.2) is 12.2 Å². The number of aliphatic hydroxyl groups is 1. The summed E-state index contributed by atoms with van der Waals surface area (Å²) in [5.41, 5.74) is 0.987. The molecule has 0 aromatic rings. The molecule has 4 saturated carbocycles. The molecular weight excluding hydrogens is 288 g/mol. The minimum atomic E-state index is -0.503. The summed E-state index contributed by atoms with van der Waals surface area (Å²) in [5.74, 6) is 1.22. The van der Waals surface area contributed by atoms with Crippen LogP contribution in [0.5, 0.6) is 0 Å². The number of hydrogen-bond acceptors (Lipinski definition) is 3. The molecular formula is C20H28O3. The lowest BCUT2D eigenvalue weighted by molar-refractivity contribution is -0.219. The Balaban J connectivity index is 1.69. The zero-order valence-corrected chi connectivity index (χ0v) is 14.3. The lowest BCUT2D eigenvalue weighted by atomic mass is 9.40. The third kappa shape index (κ3) is 1.41. The molecule has 126 valence electrons. The second kappa shape index (κ2) is 4.04. The van der Waals surface area contributed by atoms with Crippen molar-refractivity contribution in [3.63, 3.8) is 0 Å². The molecule has 0 aromatic heterocycles. The van der Waals surface area contributed by atoms with Crippen molar-refractivity contribution in [3.8, 4) is 0 Å². The van der Waals surface area contributed by atoms with Crippen LogP contribution < -0.4 is 0 Å². The summed E-state index contributed by atoms with van der Waals surface area (Å²) in [6.45, 7) is 8.82. The molecule has 1 spiro atoms. The van der Waals surface area contributed by atoms with Gasteiger partial charge in [0, 0.05) is 11.3 Å². The lowest BCUT2D eigenvalue weighted by Crippen LogP contribution is -2.65. The number of hydrogen-bond donors (Lipinski definition) is 1. The molecule has 1 saturated heterocycles. The molecule has 0 amide bonds. The van der Waals surface area contributed by atoms with Crippen molar-refractivity contribution < 1.29 is 14.6 Å². The van der Waals surface area contributed by atoms with Gasteiger partial charge in [0.2, 0.25) is 0 Å². The van der Waals surface area contributed by atoms with Gasteiger partial charge in [-0.25, -0.2) is 0 Å². The van der Waals surface area contributed by atoms with Crippen LogP contribution >= 0.6 is 0 Å². The van der Waals surface area contributed by atoms with E-state index in [-0.39, 0.29) is 34.2 Å². The van der Waals surface area contributed by atoms with Gasteiger partial charge >= 0.3 is 5.97 Å². The fourth-order valence-corrected chi connectivity index (χ4v) is 8.02. The minimum absolute atomic E-state index is 0.0547. The molecule has 5 aliphatic rings. The number of carbonyl (C=O) groups excluding carboxylic acids is 1. The topological polar surface area (TPSA) is 46.5 Å². The number of rotatable bonds is 0. The molecule has 1 aliphatic heterocycles. The maximum absolute atomic E-state index is 12.7. The maximum atomic E-state index is 12.7. The summed E-state index contributed by atoms with van der Waals surface area (Å²) in [7, 11) is 0. The Morgan fingerprint density at radius 1 is 1.26 bits per heavy atom. The van der Waals surface area contributed by atoms with Crippen molar-refractivity contribution in [2.45, 2.75) is 71.0 Å². The molecule has 8 unspecified atom stereocenters. The molecule has 5 fully saturated rings. The zero-order chi connectivity index (χ0) is 16.2. The van der Waals surface area contributed by atoms with Crippen molar-refractivity contribution in [3.05, 3.63) is 12.2 Å². The van der Waals surface area contributed by atoms with Crippen molar-refractivity contribution in [1.29, 1.82) is 0 Å². The van der Waals surface area contributed by atoms with Crippen molar-refractivity contribution in [2.75, 3.05) is 0 Å². The van der Waals surface area contributed by atoms with Crippen LogP contribution in [-0.2, 0) is 9.53 Å². The fraction of sp³-hybridized carbons (Fsp3) is 0.850. The first-order chi connectivity index (χ1) is 10.8. The van der Waals surface area contributed by atoms with E-state index in [9.17, 15) is 9.90 Å². The van der Waals surface area contributed by atoms with E-state index in [0.29, 0.717) is 11.8 Å². The van der Waals surface area contributed by atoms with Gasteiger partial charge in [-0.1, -0.05) is 25.5 Å². The Labute approximate surface area is 138 Å². The van der Waals surface area contributed by atoms with E-state index < -0.39 is 6.10 Å². The predicted octanol–water partition coefficient (Wildman–Crippen LogP) is 3.46. The van der Waals surface area contributed by atoms with E-state index in [1.54, 1.807) is 0 Å². The summed E-state index contributed by atoms with van der Waals surface area (Å²) in [5, 5.41) is 11.4. The van der Waals surface area contributed by atoms with Gasteiger partial charge in [0.1, 0.15) is 6.10 Å². The largest absolute Gasteiger partial charge is 0.459 e. The zero-order valence-electron chi connectivity index (χ0n) is 14.3. The second-order valence-corrected chi connectivity index (χ2v) is 9.67. The van der Waals surface area contributed by atoms with Crippen LogP contribution in [0.2, 0.25) is 0 Å². The number of allylic oxidation sites excluding steroid dienone is 1. The van der Waals surface area contributed by atoms with E-state index in [1.807, 2.05) is 0 Å². The molecule has 5 rings (SSSR count). The van der Waals surface area contributed by atoms with E-state index in [4.69, 9.17) is 4.74 Å². The second-order valence-electron chi connectivity index (χ2n) is 9.67. The molecule has 3 heteroatoms. The van der Waals surface area contributed by atoms with Crippen LogP contribution in [0, 0.1) is 34.0 Å². The Kier molecular flexibility index (Phi) is 2.55. The maximum Gasteiger partial charge on any atom is 0.312 e. The van der Waals surface area contributed by atoms with Gasteiger partial charge in [0.15, 0.2) is 0 Å². The van der Waals surface area contributed by atoms with Crippen LogP contribution in [0.1, 0.15) is 58.8 Å². The van der Waals surface area contributed by atoms with E-state index >= 15 is 0 Å². The van der Waals surface area contributed by atoms with Crippen molar-refractivity contribution >= 4 is 5.97 Å². The Morgan fingerprint density at radius 3 is 2.83 bits per heavy atom. The summed E-state index contributed by atoms with van der Waals surface area (Å²) in [6.07, 6.45) is 6.82. The standard InChI is InChI=1S/C20H28O3/c1-11-9-20-10-12(11)5-6-13(20)18(2)7-4-8-19(3)15(18)14(16(20)21)23-17(19)22/h12-16,21H,1,4-10H2,2-3H3. The third-order valence-electron chi connectivity index (χ3n) is 8.80. The molecule has 8 atom stereocenters. The van der Waals surface area contributed by atoms with Crippen LogP contribution in [-0.4, -0.2) is 23.3 Å². The fourth-order valence-electron chi connectivity index (χ4n) is 8.02. The highest BCUT2D eigenvalue weighted by molar-refractivity contribution is 5.80. The number of esters is 1. The van der Waals surface area contributed by atoms with E-state index in [0.717, 1.165) is 25.7 Å².